The van der Waals surface area contributed by atoms with Crippen LogP contribution in [0.2, 0.25) is 5.02 Å². The van der Waals surface area contributed by atoms with Gasteiger partial charge in [0, 0.05) is 18.3 Å². The predicted molar refractivity (Wildman–Crippen MR) is 101 cm³/mol. The Morgan fingerprint density at radius 1 is 1.36 bits per heavy atom. The van der Waals surface area contributed by atoms with Gasteiger partial charge in [0.25, 0.3) is 0 Å². The van der Waals surface area contributed by atoms with Crippen LogP contribution < -0.4 is 11.1 Å². The fourth-order valence-corrected chi connectivity index (χ4v) is 3.05. The molecule has 7 heteroatoms. The summed E-state index contributed by atoms with van der Waals surface area (Å²) in [6.45, 7) is 6.81. The number of aromatic nitrogens is 3. The second kappa shape index (κ2) is 6.72. The molecule has 0 aliphatic carbocycles. The van der Waals surface area contributed by atoms with Crippen LogP contribution in [-0.4, -0.2) is 27.2 Å². The van der Waals surface area contributed by atoms with Crippen LogP contribution in [0.3, 0.4) is 0 Å². The molecule has 3 aromatic rings. The largest absolute Gasteiger partial charge is 0.384 e. The summed E-state index contributed by atoms with van der Waals surface area (Å²) in [6, 6.07) is 7.00. The Bertz CT molecular complexity index is 948. The molecule has 1 aromatic carbocycles. The van der Waals surface area contributed by atoms with E-state index in [4.69, 9.17) is 22.4 Å². The molecular weight excluding hydrogens is 338 g/mol. The molecule has 25 heavy (non-hydrogen) atoms. The van der Waals surface area contributed by atoms with Gasteiger partial charge in [-0.3, -0.25) is 4.79 Å². The van der Waals surface area contributed by atoms with Gasteiger partial charge in [0.15, 0.2) is 5.65 Å². The molecule has 0 radical (unpaired) electrons. The van der Waals surface area contributed by atoms with Crippen molar-refractivity contribution in [1.29, 1.82) is 0 Å². The Labute approximate surface area is 151 Å². The molecule has 0 unspecified atom stereocenters. The molecule has 0 aliphatic heterocycles. The summed E-state index contributed by atoms with van der Waals surface area (Å²) in [4.78, 5) is 16.0. The molecule has 0 atom stereocenters. The van der Waals surface area contributed by atoms with Crippen molar-refractivity contribution in [2.75, 3.05) is 11.9 Å². The average molecular weight is 358 g/mol. The standard InChI is InChI=1S/C18H20ClN5O/c1-4-21-13-9-11(17(20)25)5-6-14(13)24-18-15(12(19)7-8-22-18)16(23-24)10(2)3/h5-10,21H,4H2,1-3H3,(H2,20,25). The van der Waals surface area contributed by atoms with Gasteiger partial charge < -0.3 is 11.1 Å². The monoisotopic (exact) mass is 357 g/mol. The number of nitrogens with one attached hydrogen (secondary N) is 1. The summed E-state index contributed by atoms with van der Waals surface area (Å²) in [6.07, 6.45) is 1.66. The van der Waals surface area contributed by atoms with Gasteiger partial charge >= 0.3 is 0 Å². The Balaban J connectivity index is 2.30. The molecule has 0 saturated heterocycles. The lowest BCUT2D eigenvalue weighted by atomic mass is 10.1. The number of nitrogens with zero attached hydrogens (tertiary/aromatic N) is 3. The number of amides is 1. The number of fused-ring (bicyclic) bond motifs is 1. The molecule has 0 spiro atoms. The van der Waals surface area contributed by atoms with Gasteiger partial charge in [0.1, 0.15) is 0 Å². The normalized spacial score (nSPS) is 11.2. The van der Waals surface area contributed by atoms with E-state index in [1.54, 1.807) is 29.1 Å². The van der Waals surface area contributed by atoms with Crippen LogP contribution in [0.15, 0.2) is 30.5 Å². The highest BCUT2D eigenvalue weighted by Gasteiger charge is 2.20. The van der Waals surface area contributed by atoms with E-state index in [0.717, 1.165) is 22.5 Å². The summed E-state index contributed by atoms with van der Waals surface area (Å²) in [5, 5.41) is 9.48. The highest BCUT2D eigenvalue weighted by atomic mass is 35.5. The van der Waals surface area contributed by atoms with Gasteiger partial charge in [-0.25, -0.2) is 9.67 Å². The molecule has 0 bridgehead atoms. The van der Waals surface area contributed by atoms with E-state index in [2.05, 4.69) is 24.1 Å². The Morgan fingerprint density at radius 2 is 2.12 bits per heavy atom. The number of hydrogen-bond donors (Lipinski definition) is 2. The smallest absolute Gasteiger partial charge is 0.248 e. The van der Waals surface area contributed by atoms with Crippen molar-refractivity contribution in [3.05, 3.63) is 46.7 Å². The number of nitrogens with two attached hydrogens (primary N) is 1. The first-order chi connectivity index (χ1) is 11.9. The maximum Gasteiger partial charge on any atom is 0.248 e. The van der Waals surface area contributed by atoms with Gasteiger partial charge in [-0.05, 0) is 37.1 Å². The minimum Gasteiger partial charge on any atom is -0.384 e. The van der Waals surface area contributed by atoms with Crippen LogP contribution in [-0.2, 0) is 0 Å². The minimum absolute atomic E-state index is 0.193. The second-order valence-corrected chi connectivity index (χ2v) is 6.48. The van der Waals surface area contributed by atoms with E-state index in [1.807, 2.05) is 13.0 Å². The quantitative estimate of drug-likeness (QED) is 0.728. The molecular formula is C18H20ClN5O. The van der Waals surface area contributed by atoms with Crippen molar-refractivity contribution < 1.29 is 4.79 Å². The summed E-state index contributed by atoms with van der Waals surface area (Å²) in [5.74, 6) is -0.280. The van der Waals surface area contributed by atoms with E-state index in [-0.39, 0.29) is 5.92 Å². The van der Waals surface area contributed by atoms with Crippen molar-refractivity contribution in [1.82, 2.24) is 14.8 Å². The summed E-state index contributed by atoms with van der Waals surface area (Å²) >= 11 is 6.40. The van der Waals surface area contributed by atoms with E-state index in [1.165, 1.54) is 0 Å². The minimum atomic E-state index is -0.472. The average Bonchev–Trinajstić information content (AvgIpc) is 2.96. The number of halogens is 1. The number of benzene rings is 1. The highest BCUT2D eigenvalue weighted by molar-refractivity contribution is 6.35. The molecule has 0 aliphatic rings. The molecule has 3 N–H and O–H groups in total. The van der Waals surface area contributed by atoms with E-state index < -0.39 is 5.91 Å². The van der Waals surface area contributed by atoms with Crippen molar-refractivity contribution in [3.63, 3.8) is 0 Å². The first-order valence-electron chi connectivity index (χ1n) is 8.15. The maximum atomic E-state index is 11.5. The molecule has 3 rings (SSSR count). The first kappa shape index (κ1) is 17.2. The molecule has 130 valence electrons. The van der Waals surface area contributed by atoms with Gasteiger partial charge in [-0.2, -0.15) is 5.10 Å². The predicted octanol–water partition coefficient (Wildman–Crippen LogP) is 3.73. The third kappa shape index (κ3) is 3.05. The van der Waals surface area contributed by atoms with Crippen molar-refractivity contribution in [2.45, 2.75) is 26.7 Å². The summed E-state index contributed by atoms with van der Waals surface area (Å²) in [7, 11) is 0. The Hall–Kier alpha value is -2.60. The van der Waals surface area contributed by atoms with Gasteiger partial charge in [0.2, 0.25) is 5.91 Å². The lowest BCUT2D eigenvalue weighted by Crippen LogP contribution is -2.13. The van der Waals surface area contributed by atoms with Crippen LogP contribution in [0.25, 0.3) is 16.7 Å². The zero-order chi connectivity index (χ0) is 18.1. The SMILES string of the molecule is CCNc1cc(C(N)=O)ccc1-n1nc(C(C)C)c2c(Cl)ccnc21. The van der Waals surface area contributed by atoms with Gasteiger partial charge in [-0.15, -0.1) is 0 Å². The number of carbonyl (C=O) groups is 1. The zero-order valence-corrected chi connectivity index (χ0v) is 15.1. The van der Waals surface area contributed by atoms with Gasteiger partial charge in [-0.1, -0.05) is 25.4 Å². The topological polar surface area (TPSA) is 85.8 Å². The zero-order valence-electron chi connectivity index (χ0n) is 14.4. The molecule has 2 heterocycles. The van der Waals surface area contributed by atoms with Crippen molar-refractivity contribution in [3.8, 4) is 5.69 Å². The number of primary amides is 1. The number of rotatable bonds is 5. The van der Waals surface area contributed by atoms with Crippen LogP contribution >= 0.6 is 11.6 Å². The lowest BCUT2D eigenvalue weighted by molar-refractivity contribution is 0.100. The van der Waals surface area contributed by atoms with E-state index >= 15 is 0 Å². The van der Waals surface area contributed by atoms with Crippen molar-refractivity contribution in [2.24, 2.45) is 5.73 Å². The van der Waals surface area contributed by atoms with E-state index in [0.29, 0.717) is 22.8 Å². The third-order valence-electron chi connectivity index (χ3n) is 3.97. The summed E-state index contributed by atoms with van der Waals surface area (Å²) < 4.78 is 1.76. The molecule has 0 saturated carbocycles. The third-order valence-corrected chi connectivity index (χ3v) is 4.28. The van der Waals surface area contributed by atoms with Crippen LogP contribution in [0.5, 0.6) is 0 Å². The molecule has 2 aromatic heterocycles. The van der Waals surface area contributed by atoms with Crippen LogP contribution in [0.1, 0.15) is 42.7 Å². The number of hydrogen-bond acceptors (Lipinski definition) is 4. The first-order valence-corrected chi connectivity index (χ1v) is 8.53. The second-order valence-electron chi connectivity index (χ2n) is 6.07. The van der Waals surface area contributed by atoms with E-state index in [9.17, 15) is 4.79 Å². The molecule has 0 fully saturated rings. The fourth-order valence-electron chi connectivity index (χ4n) is 2.81. The van der Waals surface area contributed by atoms with Crippen LogP contribution in [0.4, 0.5) is 5.69 Å². The Kier molecular flexibility index (Phi) is 4.63. The summed E-state index contributed by atoms with van der Waals surface area (Å²) in [5.41, 5.74) is 8.96. The Morgan fingerprint density at radius 3 is 2.76 bits per heavy atom. The van der Waals surface area contributed by atoms with Crippen LogP contribution in [0, 0.1) is 0 Å². The molecule has 6 nitrogen and oxygen atoms in total. The van der Waals surface area contributed by atoms with Gasteiger partial charge in [0.05, 0.1) is 27.5 Å². The lowest BCUT2D eigenvalue weighted by Gasteiger charge is -2.12. The molecule has 1 amide bonds. The number of pyridine rings is 1. The van der Waals surface area contributed by atoms with Crippen molar-refractivity contribution >= 4 is 34.2 Å². The number of anilines is 1. The highest BCUT2D eigenvalue weighted by Crippen LogP contribution is 2.33. The number of carbonyl (C=O) groups excluding carboxylic acids is 1. The fraction of sp³-hybridized carbons (Fsp3) is 0.278. The maximum absolute atomic E-state index is 11.5.